The van der Waals surface area contributed by atoms with E-state index >= 15 is 0 Å². The summed E-state index contributed by atoms with van der Waals surface area (Å²) in [6.45, 7) is 21.2. The zero-order valence-electron chi connectivity index (χ0n) is 32.3. The summed E-state index contributed by atoms with van der Waals surface area (Å²) in [6, 6.07) is 7.78. The van der Waals surface area contributed by atoms with Crippen molar-refractivity contribution in [3.05, 3.63) is 69.4 Å². The number of benzene rings is 3. The first-order chi connectivity index (χ1) is 26.4. The number of nitrogens with zero attached hydrogens (tertiary/aromatic N) is 3. The van der Waals surface area contributed by atoms with E-state index in [9.17, 15) is 40.6 Å². The molecule has 2 aliphatic rings. The number of amides is 1. The number of carbonyl (C=O) groups is 2. The molecule has 1 aliphatic heterocycles. The van der Waals surface area contributed by atoms with Crippen LogP contribution in [0.2, 0.25) is 0 Å². The van der Waals surface area contributed by atoms with Crippen molar-refractivity contribution in [1.29, 1.82) is 5.41 Å². The first-order valence-electron chi connectivity index (χ1n) is 18.0. The molecule has 4 rings (SSSR count). The standard InChI is InChI=1S/C24H20N6O10S2.2C6H15N/c25-16-6-4-13-18(12-3-2-11(10-15(12)24(32)33)23(31)28-8-1-9-29-30-27)14-5-7-17(26)22(42(37,38)39)20(14)40-19(13)21(16)41(34,35)36;2*1-4-7(5-2)6-3/h2-7,10,25H,1,8-9,26H2,(H,28,31)(H,32,33)(H,34,35,36)(H,37,38,39);2*4-6H2,1-3H3. The number of aromatic carboxylic acids is 1. The quantitative estimate of drug-likeness (QED) is 0.0192. The lowest BCUT2D eigenvalue weighted by atomic mass is 9.89. The van der Waals surface area contributed by atoms with E-state index in [1.54, 1.807) is 9.80 Å². The van der Waals surface area contributed by atoms with Crippen LogP contribution in [0, 0.1) is 5.41 Å². The summed E-state index contributed by atoms with van der Waals surface area (Å²) in [5.41, 5.74) is 11.5. The molecule has 0 bridgehead atoms. The predicted molar refractivity (Wildman–Crippen MR) is 208 cm³/mol. The van der Waals surface area contributed by atoms with Crippen molar-refractivity contribution in [1.82, 2.24) is 5.32 Å². The normalized spacial score (nSPS) is 11.4. The smallest absolute Gasteiger partial charge is 0.336 e. The number of azide groups is 1. The van der Waals surface area contributed by atoms with Crippen LogP contribution in [-0.4, -0.2) is 95.3 Å². The molecule has 1 aliphatic carbocycles. The number of rotatable bonds is 15. The van der Waals surface area contributed by atoms with Gasteiger partial charge in [0.2, 0.25) is 0 Å². The summed E-state index contributed by atoms with van der Waals surface area (Å²) in [7, 11) is -10.8. The monoisotopic (exact) mass is 818 g/mol. The van der Waals surface area contributed by atoms with Crippen molar-refractivity contribution >= 4 is 48.8 Å². The Morgan fingerprint density at radius 3 is 1.88 bits per heavy atom. The van der Waals surface area contributed by atoms with Crippen LogP contribution >= 0.6 is 0 Å². The Labute approximate surface area is 326 Å². The number of nitrogens with one attached hydrogen (secondary N) is 4. The fourth-order valence-corrected chi connectivity index (χ4v) is 7.31. The van der Waals surface area contributed by atoms with Gasteiger partial charge in [0.1, 0.15) is 30.0 Å². The fourth-order valence-electron chi connectivity index (χ4n) is 5.86. The molecule has 2 aromatic carbocycles. The Morgan fingerprint density at radius 2 is 1.41 bits per heavy atom. The molecule has 0 fully saturated rings. The van der Waals surface area contributed by atoms with Gasteiger partial charge < -0.3 is 39.5 Å². The van der Waals surface area contributed by atoms with Gasteiger partial charge in [-0.05, 0) is 95.5 Å². The third-order valence-corrected chi connectivity index (χ3v) is 10.9. The average Bonchev–Trinajstić information content (AvgIpc) is 3.14. The second-order valence-corrected chi connectivity index (χ2v) is 14.9. The zero-order valence-corrected chi connectivity index (χ0v) is 33.9. The van der Waals surface area contributed by atoms with Crippen molar-refractivity contribution in [3.63, 3.8) is 0 Å². The molecular formula is C36H50N8O10S2. The Hall–Kier alpha value is -5.08. The maximum atomic E-state index is 12.6. The van der Waals surface area contributed by atoms with Gasteiger partial charge in [0.05, 0.1) is 55.9 Å². The van der Waals surface area contributed by atoms with E-state index in [4.69, 9.17) is 21.1 Å². The lowest BCUT2D eigenvalue weighted by Crippen LogP contribution is -3.11. The minimum Gasteiger partial charge on any atom is -0.744 e. The molecule has 18 nitrogen and oxygen atoms in total. The van der Waals surface area contributed by atoms with E-state index in [-0.39, 0.29) is 40.7 Å². The van der Waals surface area contributed by atoms with Gasteiger partial charge in [0.25, 0.3) is 5.91 Å². The van der Waals surface area contributed by atoms with Gasteiger partial charge in [-0.25, -0.2) is 21.6 Å². The molecule has 2 aromatic rings. The van der Waals surface area contributed by atoms with Crippen LogP contribution in [0.1, 0.15) is 68.7 Å². The number of carboxylic acids is 1. The molecule has 0 aromatic heterocycles. The molecule has 7 N–H and O–H groups in total. The lowest BCUT2D eigenvalue weighted by molar-refractivity contribution is -0.894. The highest BCUT2D eigenvalue weighted by molar-refractivity contribution is 7.86. The van der Waals surface area contributed by atoms with Crippen LogP contribution in [0.5, 0.6) is 0 Å². The summed E-state index contributed by atoms with van der Waals surface area (Å²) in [6.07, 6.45) is 0.308. The summed E-state index contributed by atoms with van der Waals surface area (Å²) >= 11 is 0. The van der Waals surface area contributed by atoms with Crippen molar-refractivity contribution in [2.24, 2.45) is 5.11 Å². The lowest BCUT2D eigenvalue weighted by Gasteiger charge is -2.22. The Kier molecular flexibility index (Phi) is 17.9. The summed E-state index contributed by atoms with van der Waals surface area (Å²) < 4.78 is 78.4. The number of nitrogen functional groups attached to an aromatic ring is 1. The van der Waals surface area contributed by atoms with Crippen LogP contribution < -0.4 is 26.2 Å². The topological polar surface area (TPSA) is 301 Å². The Morgan fingerprint density at radius 1 is 0.875 bits per heavy atom. The molecular weight excluding hydrogens is 769 g/mol. The number of anilines is 1. The Balaban J connectivity index is 0.000000657. The van der Waals surface area contributed by atoms with E-state index in [1.165, 1.54) is 57.5 Å². The van der Waals surface area contributed by atoms with E-state index < -0.39 is 69.9 Å². The third-order valence-electron chi connectivity index (χ3n) is 9.06. The van der Waals surface area contributed by atoms with Crippen molar-refractivity contribution in [2.45, 2.75) is 57.8 Å². The largest absolute Gasteiger partial charge is 0.744 e. The maximum Gasteiger partial charge on any atom is 0.336 e. The minimum atomic E-state index is -5.43. The second kappa shape index (κ2) is 21.3. The number of nitrogens with two attached hydrogens (primary N) is 1. The average molecular weight is 819 g/mol. The number of quaternary nitrogens is 2. The Bertz CT molecular complexity index is 2280. The number of fused-ring (bicyclic) bond motifs is 2. The molecule has 0 saturated carbocycles. The van der Waals surface area contributed by atoms with E-state index in [2.05, 4.69) is 56.9 Å². The van der Waals surface area contributed by atoms with Gasteiger partial charge in [0, 0.05) is 40.1 Å². The van der Waals surface area contributed by atoms with E-state index in [1.807, 2.05) is 0 Å². The molecule has 1 heterocycles. The zero-order chi connectivity index (χ0) is 42.4. The van der Waals surface area contributed by atoms with E-state index in [0.717, 1.165) is 24.3 Å². The van der Waals surface area contributed by atoms with Crippen LogP contribution in [0.3, 0.4) is 0 Å². The second-order valence-electron chi connectivity index (χ2n) is 12.3. The highest BCUT2D eigenvalue weighted by atomic mass is 32.2. The van der Waals surface area contributed by atoms with Crippen LogP contribution in [0.25, 0.3) is 43.9 Å². The highest BCUT2D eigenvalue weighted by Crippen LogP contribution is 2.45. The number of hydrogen-bond acceptors (Lipinski definition) is 12. The van der Waals surface area contributed by atoms with Crippen molar-refractivity contribution < 1.29 is 54.9 Å². The van der Waals surface area contributed by atoms with E-state index in [0.29, 0.717) is 6.42 Å². The summed E-state index contributed by atoms with van der Waals surface area (Å²) in [4.78, 5) is 28.7. The molecule has 0 radical (unpaired) electrons. The molecule has 306 valence electrons. The van der Waals surface area contributed by atoms with Crippen LogP contribution in [-0.2, 0) is 20.2 Å². The summed E-state index contributed by atoms with van der Waals surface area (Å²) in [5.74, 6) is -3.03. The van der Waals surface area contributed by atoms with Gasteiger partial charge in [-0.15, -0.1) is 0 Å². The molecule has 1 amide bonds. The number of hydrogen-bond donors (Lipinski definition) is 6. The molecule has 0 unspecified atom stereocenters. The van der Waals surface area contributed by atoms with Crippen LogP contribution in [0.15, 0.2) is 61.8 Å². The third kappa shape index (κ3) is 12.0. The van der Waals surface area contributed by atoms with Crippen molar-refractivity contribution in [2.75, 3.05) is 58.1 Å². The molecule has 56 heavy (non-hydrogen) atoms. The molecule has 0 saturated heterocycles. The first kappa shape index (κ1) is 47.1. The SMILES string of the molecule is CC[NH+](CC)CC.CC[NH+](CC)CC.[N-]=[N+]=NCCCNC(=O)c1ccc(-c2c3ccc(=N)c(S(=O)(=O)[O-])c-3oc3c(S(=O)(=O)[O-])c(N)ccc23)c(C(=O)O)c1. The number of carbonyl (C=O) groups excluding carboxylic acids is 1. The van der Waals surface area contributed by atoms with Crippen molar-refractivity contribution in [3.8, 4) is 22.5 Å². The first-order valence-corrected chi connectivity index (χ1v) is 20.8. The fraction of sp³-hybridized carbons (Fsp3) is 0.417. The predicted octanol–water partition coefficient (Wildman–Crippen LogP) is 2.06. The van der Waals surface area contributed by atoms with Gasteiger partial charge >= 0.3 is 5.97 Å². The number of carboxylic acid groups (broad SMARTS) is 1. The van der Waals surface area contributed by atoms with Gasteiger partial charge in [-0.2, -0.15) is 0 Å². The molecule has 0 atom stereocenters. The van der Waals surface area contributed by atoms with Crippen LogP contribution in [0.4, 0.5) is 5.69 Å². The van der Waals surface area contributed by atoms with Gasteiger partial charge in [-0.1, -0.05) is 11.2 Å². The minimum absolute atomic E-state index is 0.0995. The molecule has 20 heteroatoms. The highest BCUT2D eigenvalue weighted by Gasteiger charge is 2.29. The van der Waals surface area contributed by atoms with Gasteiger partial charge in [-0.3, -0.25) is 10.2 Å². The summed E-state index contributed by atoms with van der Waals surface area (Å²) in [5, 5.41) is 22.9. The van der Waals surface area contributed by atoms with Gasteiger partial charge in [0.15, 0.2) is 11.3 Å². The molecule has 0 spiro atoms. The maximum absolute atomic E-state index is 12.6.